The molecule has 0 unspecified atom stereocenters. The van der Waals surface area contributed by atoms with E-state index in [0.717, 1.165) is 11.1 Å². The highest BCUT2D eigenvalue weighted by Crippen LogP contribution is 2.16. The van der Waals surface area contributed by atoms with Crippen LogP contribution >= 0.6 is 0 Å². The molecule has 1 aromatic rings. The number of rotatable bonds is 1. The number of aryl methyl sites for hydroxylation is 2. The number of benzene rings is 1. The molecule has 0 aliphatic carbocycles. The van der Waals surface area contributed by atoms with Gasteiger partial charge in [-0.15, -0.1) is 0 Å². The fourth-order valence-electron chi connectivity index (χ4n) is 1.38. The fraction of sp³-hybridized carbons (Fsp3) is 0.333. The first kappa shape index (κ1) is 11.4. The lowest BCUT2D eigenvalue weighted by atomic mass is 10.0. The molecule has 3 heteroatoms. The second kappa shape index (κ2) is 4.26. The molecule has 0 atom stereocenters. The van der Waals surface area contributed by atoms with Crippen LogP contribution in [0.25, 0.3) is 0 Å². The average molecular weight is 204 g/mol. The van der Waals surface area contributed by atoms with Crippen molar-refractivity contribution in [3.63, 3.8) is 0 Å². The molecule has 80 valence electrons. The minimum absolute atomic E-state index is 0.277. The summed E-state index contributed by atoms with van der Waals surface area (Å²) in [5.41, 5.74) is 9.37. The van der Waals surface area contributed by atoms with E-state index in [1.807, 2.05) is 32.9 Å². The summed E-state index contributed by atoms with van der Waals surface area (Å²) in [6.45, 7) is 7.61. The summed E-state index contributed by atoms with van der Waals surface area (Å²) in [4.78, 5) is 15.3. The molecule has 1 rings (SSSR count). The van der Waals surface area contributed by atoms with Crippen LogP contribution in [0.2, 0.25) is 0 Å². The first-order valence-corrected chi connectivity index (χ1v) is 4.84. The van der Waals surface area contributed by atoms with Crippen molar-refractivity contribution in [2.45, 2.75) is 27.7 Å². The zero-order valence-electron chi connectivity index (χ0n) is 9.59. The third-order valence-corrected chi connectivity index (χ3v) is 2.45. The normalized spacial score (nSPS) is 11.6. The highest BCUT2D eigenvalue weighted by Gasteiger charge is 2.07. The van der Waals surface area contributed by atoms with E-state index in [4.69, 9.17) is 5.73 Å². The van der Waals surface area contributed by atoms with E-state index in [9.17, 15) is 4.79 Å². The molecular weight excluding hydrogens is 188 g/mol. The predicted octanol–water partition coefficient (Wildman–Crippen LogP) is 2.13. The summed E-state index contributed by atoms with van der Waals surface area (Å²) in [6, 6.07) is 3.69. The molecule has 0 heterocycles. The summed E-state index contributed by atoms with van der Waals surface area (Å²) in [6.07, 6.45) is 0. The molecule has 15 heavy (non-hydrogen) atoms. The van der Waals surface area contributed by atoms with Crippen LogP contribution in [-0.2, 0) is 0 Å². The van der Waals surface area contributed by atoms with E-state index in [0.29, 0.717) is 5.56 Å². The maximum Gasteiger partial charge on any atom is 0.278 e. The molecule has 0 fully saturated rings. The lowest BCUT2D eigenvalue weighted by Crippen LogP contribution is -2.09. The van der Waals surface area contributed by atoms with Gasteiger partial charge in [0.25, 0.3) is 5.91 Å². The smallest absolute Gasteiger partial charge is 0.278 e. The highest BCUT2D eigenvalue weighted by molar-refractivity contribution is 6.02. The molecule has 0 aromatic heterocycles. The van der Waals surface area contributed by atoms with Crippen LogP contribution in [-0.4, -0.2) is 11.7 Å². The van der Waals surface area contributed by atoms with Gasteiger partial charge < -0.3 is 5.73 Å². The first-order chi connectivity index (χ1) is 6.91. The molecule has 0 radical (unpaired) electrons. The minimum Gasteiger partial charge on any atom is -0.387 e. The van der Waals surface area contributed by atoms with Crippen LogP contribution in [0.5, 0.6) is 0 Å². The Balaban J connectivity index is 3.18. The monoisotopic (exact) mass is 204 g/mol. The Morgan fingerprint density at radius 1 is 1.20 bits per heavy atom. The van der Waals surface area contributed by atoms with Crippen molar-refractivity contribution in [1.82, 2.24) is 0 Å². The van der Waals surface area contributed by atoms with Gasteiger partial charge in [0.05, 0.1) is 0 Å². The molecule has 1 amide bonds. The number of nitrogens with zero attached hydrogens (tertiary/aromatic N) is 1. The number of carbonyl (C=O) groups excluding carboxylic acids is 1. The second-order valence-electron chi connectivity index (χ2n) is 3.79. The van der Waals surface area contributed by atoms with Crippen molar-refractivity contribution in [2.75, 3.05) is 0 Å². The number of amidine groups is 1. The van der Waals surface area contributed by atoms with Gasteiger partial charge in [0, 0.05) is 5.56 Å². The van der Waals surface area contributed by atoms with Gasteiger partial charge in [-0.3, -0.25) is 4.79 Å². The van der Waals surface area contributed by atoms with Gasteiger partial charge in [-0.1, -0.05) is 0 Å². The van der Waals surface area contributed by atoms with Crippen LogP contribution in [0.3, 0.4) is 0 Å². The van der Waals surface area contributed by atoms with Gasteiger partial charge in [-0.05, 0) is 56.5 Å². The van der Waals surface area contributed by atoms with Crippen molar-refractivity contribution < 1.29 is 4.79 Å². The second-order valence-corrected chi connectivity index (χ2v) is 3.79. The van der Waals surface area contributed by atoms with E-state index < -0.39 is 0 Å². The Hall–Kier alpha value is -1.64. The van der Waals surface area contributed by atoms with Gasteiger partial charge in [0.1, 0.15) is 5.84 Å². The maximum atomic E-state index is 11.6. The van der Waals surface area contributed by atoms with Crippen molar-refractivity contribution in [1.29, 1.82) is 0 Å². The Morgan fingerprint density at radius 2 is 1.67 bits per heavy atom. The average Bonchev–Trinajstić information content (AvgIpc) is 2.12. The number of carbonyl (C=O) groups is 1. The molecule has 2 N–H and O–H groups in total. The molecule has 1 aromatic carbocycles. The minimum atomic E-state index is -0.277. The zero-order chi connectivity index (χ0) is 11.6. The Kier molecular flexibility index (Phi) is 3.24. The number of aliphatic imine (C=N–C) groups is 1. The van der Waals surface area contributed by atoms with Crippen LogP contribution in [0, 0.1) is 20.8 Å². The number of amides is 1. The standard InChI is InChI=1S/C12H16N2O/c1-7-5-11(6-8(2)9(7)3)12(15)14-10(4)13/h5-6H,1-4H3,(H2,13,14,15). The SMILES string of the molecule is CC(N)=NC(=O)c1cc(C)c(C)c(C)c1. The summed E-state index contributed by atoms with van der Waals surface area (Å²) >= 11 is 0. The van der Waals surface area contributed by atoms with Crippen LogP contribution in [0.1, 0.15) is 34.0 Å². The topological polar surface area (TPSA) is 55.4 Å². The van der Waals surface area contributed by atoms with Crippen molar-refractivity contribution >= 4 is 11.7 Å². The molecule has 0 saturated heterocycles. The number of nitrogens with two attached hydrogens (primary N) is 1. The fourth-order valence-corrected chi connectivity index (χ4v) is 1.38. The van der Waals surface area contributed by atoms with Gasteiger partial charge in [0.15, 0.2) is 0 Å². The lowest BCUT2D eigenvalue weighted by Gasteiger charge is -2.06. The third kappa shape index (κ3) is 2.65. The summed E-state index contributed by atoms with van der Waals surface area (Å²) in [5, 5.41) is 0. The van der Waals surface area contributed by atoms with Gasteiger partial charge in [0.2, 0.25) is 0 Å². The van der Waals surface area contributed by atoms with E-state index in [-0.39, 0.29) is 11.7 Å². The van der Waals surface area contributed by atoms with E-state index in [2.05, 4.69) is 4.99 Å². The number of hydrogen-bond donors (Lipinski definition) is 1. The third-order valence-electron chi connectivity index (χ3n) is 2.45. The van der Waals surface area contributed by atoms with Crippen LogP contribution in [0.15, 0.2) is 17.1 Å². The molecule has 0 aliphatic rings. The largest absolute Gasteiger partial charge is 0.387 e. The predicted molar refractivity (Wildman–Crippen MR) is 62.3 cm³/mol. The van der Waals surface area contributed by atoms with Crippen molar-refractivity contribution in [2.24, 2.45) is 10.7 Å². The van der Waals surface area contributed by atoms with Crippen molar-refractivity contribution in [3.8, 4) is 0 Å². The van der Waals surface area contributed by atoms with Gasteiger partial charge in [-0.2, -0.15) is 4.99 Å². The summed E-state index contributed by atoms with van der Waals surface area (Å²) in [5.74, 6) is 0.0112. The highest BCUT2D eigenvalue weighted by atomic mass is 16.1. The van der Waals surface area contributed by atoms with E-state index >= 15 is 0 Å². The first-order valence-electron chi connectivity index (χ1n) is 4.84. The van der Waals surface area contributed by atoms with Gasteiger partial charge >= 0.3 is 0 Å². The van der Waals surface area contributed by atoms with Crippen LogP contribution < -0.4 is 5.73 Å². The Bertz CT molecular complexity index is 406. The molecule has 0 aliphatic heterocycles. The zero-order valence-corrected chi connectivity index (χ0v) is 9.59. The molecule has 3 nitrogen and oxygen atoms in total. The number of hydrogen-bond acceptors (Lipinski definition) is 1. The summed E-state index contributed by atoms with van der Waals surface area (Å²) < 4.78 is 0. The molecular formula is C12H16N2O. The molecule has 0 spiro atoms. The summed E-state index contributed by atoms with van der Waals surface area (Å²) in [7, 11) is 0. The lowest BCUT2D eigenvalue weighted by molar-refractivity contribution is 0.100. The maximum absolute atomic E-state index is 11.6. The Morgan fingerprint density at radius 3 is 2.07 bits per heavy atom. The van der Waals surface area contributed by atoms with E-state index in [1.165, 1.54) is 5.56 Å². The van der Waals surface area contributed by atoms with Crippen LogP contribution in [0.4, 0.5) is 0 Å². The van der Waals surface area contributed by atoms with Crippen molar-refractivity contribution in [3.05, 3.63) is 34.4 Å². The molecule has 0 bridgehead atoms. The quantitative estimate of drug-likeness (QED) is 0.562. The van der Waals surface area contributed by atoms with E-state index in [1.54, 1.807) is 6.92 Å². The van der Waals surface area contributed by atoms with Gasteiger partial charge in [-0.25, -0.2) is 0 Å². The Labute approximate surface area is 90.0 Å². The molecule has 0 saturated carbocycles.